The number of fused-ring (bicyclic) bond motifs is 1. The van der Waals surface area contributed by atoms with Crippen molar-refractivity contribution in [3.05, 3.63) is 105 Å². The second-order valence-electron chi connectivity index (χ2n) is 8.06. The number of sulfonamides is 1. The van der Waals surface area contributed by atoms with Crippen LogP contribution in [-0.2, 0) is 14.8 Å². The van der Waals surface area contributed by atoms with Crippen molar-refractivity contribution in [1.82, 2.24) is 9.71 Å². The zero-order valence-electron chi connectivity index (χ0n) is 19.5. The van der Waals surface area contributed by atoms with Crippen LogP contribution in [0.5, 0.6) is 0 Å². The van der Waals surface area contributed by atoms with Gasteiger partial charge in [0.2, 0.25) is 10.0 Å². The third kappa shape index (κ3) is 6.07. The zero-order valence-corrected chi connectivity index (χ0v) is 21.8. The van der Waals surface area contributed by atoms with Gasteiger partial charge in [-0.05, 0) is 70.2 Å². The highest BCUT2D eigenvalue weighted by Gasteiger charge is 2.16. The van der Waals surface area contributed by atoms with E-state index in [1.54, 1.807) is 22.9 Å². The summed E-state index contributed by atoms with van der Waals surface area (Å²) in [7, 11) is -3.63. The molecule has 5 nitrogen and oxygen atoms in total. The summed E-state index contributed by atoms with van der Waals surface area (Å²) in [6.07, 6.45) is 4.26. The topological polar surface area (TPSA) is 76.1 Å². The molecule has 184 valence electrons. The molecular weight excluding hydrogens is 519 g/mol. The van der Waals surface area contributed by atoms with E-state index in [0.717, 1.165) is 49.9 Å². The molecule has 4 aromatic rings. The van der Waals surface area contributed by atoms with Crippen molar-refractivity contribution in [2.24, 2.45) is 0 Å². The molecule has 0 radical (unpaired) electrons. The van der Waals surface area contributed by atoms with Crippen LogP contribution in [0.2, 0.25) is 5.02 Å². The van der Waals surface area contributed by atoms with Crippen LogP contribution in [0.25, 0.3) is 27.4 Å². The van der Waals surface area contributed by atoms with Gasteiger partial charge < -0.3 is 0 Å². The summed E-state index contributed by atoms with van der Waals surface area (Å²) in [6.45, 7) is 2.02. The van der Waals surface area contributed by atoms with E-state index in [9.17, 15) is 17.6 Å². The Bertz CT molecular complexity index is 1610. The number of rotatable bonds is 7. The first-order valence-corrected chi connectivity index (χ1v) is 14.1. The van der Waals surface area contributed by atoms with Gasteiger partial charge in [0.15, 0.2) is 0 Å². The Balaban J connectivity index is 1.81. The highest BCUT2D eigenvalue weighted by Crippen LogP contribution is 2.38. The Labute approximate surface area is 218 Å². The summed E-state index contributed by atoms with van der Waals surface area (Å²) < 4.78 is 39.2. The molecule has 1 heterocycles. The van der Waals surface area contributed by atoms with Crippen molar-refractivity contribution in [1.29, 1.82) is 0 Å². The number of allylic oxidation sites excluding steroid dienone is 1. The van der Waals surface area contributed by atoms with Gasteiger partial charge in [0, 0.05) is 6.08 Å². The minimum absolute atomic E-state index is 0.329. The number of nitrogens with one attached hydrogen (secondary N) is 1. The molecule has 9 heteroatoms. The molecule has 0 spiro atoms. The molecule has 0 fully saturated rings. The minimum Gasteiger partial charge on any atom is -0.269 e. The largest absolute Gasteiger partial charge is 0.269 e. The second kappa shape index (κ2) is 10.7. The Morgan fingerprint density at radius 1 is 1.08 bits per heavy atom. The van der Waals surface area contributed by atoms with Gasteiger partial charge in [-0.2, -0.15) is 0 Å². The maximum absolute atomic E-state index is 13.8. The van der Waals surface area contributed by atoms with Crippen LogP contribution in [0.15, 0.2) is 72.3 Å². The summed E-state index contributed by atoms with van der Waals surface area (Å²) in [5.41, 5.74) is 7.88. The number of carbonyl (C=O) groups excluding carboxylic acids is 1. The van der Waals surface area contributed by atoms with E-state index in [-0.39, 0.29) is 0 Å². The van der Waals surface area contributed by atoms with Gasteiger partial charge in [0.1, 0.15) is 5.82 Å². The van der Waals surface area contributed by atoms with Gasteiger partial charge in [-0.25, -0.2) is 22.5 Å². The Kier molecular flexibility index (Phi) is 7.68. The quantitative estimate of drug-likeness (QED) is 0.213. The fourth-order valence-electron chi connectivity index (χ4n) is 3.91. The lowest BCUT2D eigenvalue weighted by molar-refractivity contribution is -0.114. The lowest BCUT2D eigenvalue weighted by Crippen LogP contribution is -2.27. The number of amides is 1. The van der Waals surface area contributed by atoms with Crippen molar-refractivity contribution in [3.8, 4) is 0 Å². The first kappa shape index (κ1) is 25.8. The third-order valence-electron chi connectivity index (χ3n) is 5.44. The third-order valence-corrected chi connectivity index (χ3v) is 7.14. The molecule has 0 bridgehead atoms. The normalized spacial score (nSPS) is 12.7. The smallest absolute Gasteiger partial charge is 0.257 e. The van der Waals surface area contributed by atoms with Crippen LogP contribution < -0.4 is 4.72 Å². The highest BCUT2D eigenvalue weighted by atomic mass is 35.5. The number of benzene rings is 3. The van der Waals surface area contributed by atoms with E-state index in [4.69, 9.17) is 11.6 Å². The average molecular weight is 541 g/mol. The molecule has 1 amide bonds. The van der Waals surface area contributed by atoms with Crippen LogP contribution in [0, 0.1) is 5.82 Å². The molecule has 0 saturated carbocycles. The maximum atomic E-state index is 13.8. The van der Waals surface area contributed by atoms with Crippen LogP contribution in [0.4, 0.5) is 4.39 Å². The number of halogens is 2. The molecule has 36 heavy (non-hydrogen) atoms. The van der Waals surface area contributed by atoms with E-state index in [1.165, 1.54) is 24.3 Å². The Hall–Kier alpha value is -3.33. The molecular formula is C27H22ClFN2O3S2. The fraction of sp³-hybridized carbons (Fsp3) is 0.111. The van der Waals surface area contributed by atoms with Crippen LogP contribution in [0.1, 0.15) is 35.6 Å². The average Bonchev–Trinajstić information content (AvgIpc) is 3.29. The molecule has 0 unspecified atom stereocenters. The highest BCUT2D eigenvalue weighted by molar-refractivity contribution is 7.89. The Morgan fingerprint density at radius 2 is 1.81 bits per heavy atom. The summed E-state index contributed by atoms with van der Waals surface area (Å²) in [6, 6.07) is 18.0. The predicted molar refractivity (Wildman–Crippen MR) is 146 cm³/mol. The summed E-state index contributed by atoms with van der Waals surface area (Å²) in [4.78, 5) is 16.2. The lowest BCUT2D eigenvalue weighted by atomic mass is 9.87. The number of thiazole rings is 1. The number of hydrogen-bond donors (Lipinski definition) is 1. The molecule has 0 saturated heterocycles. The number of hydrogen-bond acceptors (Lipinski definition) is 5. The van der Waals surface area contributed by atoms with Gasteiger partial charge in [-0.1, -0.05) is 54.9 Å². The standard InChI is InChI=1S/C27H22ClFN2O3S2/c1-3-21(22-11-10-20(29)15-23(22)28)27(19-9-12-25-24(14-19)30-16-35-25)18-7-4-17(5-8-18)6-13-26(32)31-36(2,33)34/h4-16H,3H2,1-2H3,(H,31,32). The van der Waals surface area contributed by atoms with Crippen molar-refractivity contribution in [3.63, 3.8) is 0 Å². The van der Waals surface area contributed by atoms with E-state index < -0.39 is 21.7 Å². The van der Waals surface area contributed by atoms with Crippen molar-refractivity contribution in [2.45, 2.75) is 13.3 Å². The van der Waals surface area contributed by atoms with Crippen molar-refractivity contribution >= 4 is 66.3 Å². The van der Waals surface area contributed by atoms with Gasteiger partial charge in [-0.3, -0.25) is 4.79 Å². The molecule has 0 aliphatic heterocycles. The summed E-state index contributed by atoms with van der Waals surface area (Å²) in [5.74, 6) is -1.13. The van der Waals surface area contributed by atoms with Crippen LogP contribution in [-0.4, -0.2) is 25.6 Å². The van der Waals surface area contributed by atoms with Gasteiger partial charge in [-0.15, -0.1) is 11.3 Å². The maximum Gasteiger partial charge on any atom is 0.257 e. The van der Waals surface area contributed by atoms with Gasteiger partial charge >= 0.3 is 0 Å². The molecule has 1 N–H and O–H groups in total. The predicted octanol–water partition coefficient (Wildman–Crippen LogP) is 6.55. The van der Waals surface area contributed by atoms with Gasteiger partial charge in [0.25, 0.3) is 5.91 Å². The van der Waals surface area contributed by atoms with E-state index >= 15 is 0 Å². The second-order valence-corrected chi connectivity index (χ2v) is 11.1. The van der Waals surface area contributed by atoms with E-state index in [2.05, 4.69) is 4.98 Å². The van der Waals surface area contributed by atoms with Crippen LogP contribution in [0.3, 0.4) is 0 Å². The summed E-state index contributed by atoms with van der Waals surface area (Å²) >= 11 is 8.03. The minimum atomic E-state index is -3.63. The first-order chi connectivity index (χ1) is 17.1. The number of carbonyl (C=O) groups is 1. The first-order valence-electron chi connectivity index (χ1n) is 11.0. The SMILES string of the molecule is CCC(=C(c1ccc(C=CC(=O)NS(C)(=O)=O)cc1)c1ccc2scnc2c1)c1ccc(F)cc1Cl. The van der Waals surface area contributed by atoms with E-state index in [1.807, 2.05) is 54.1 Å². The van der Waals surface area contributed by atoms with Crippen molar-refractivity contribution in [2.75, 3.05) is 6.26 Å². The molecule has 0 aliphatic carbocycles. The molecule has 0 aliphatic rings. The van der Waals surface area contributed by atoms with Crippen LogP contribution >= 0.6 is 22.9 Å². The zero-order chi connectivity index (χ0) is 25.9. The molecule has 3 aromatic carbocycles. The monoisotopic (exact) mass is 540 g/mol. The van der Waals surface area contributed by atoms with Gasteiger partial charge in [0.05, 0.1) is 27.0 Å². The van der Waals surface area contributed by atoms with E-state index in [0.29, 0.717) is 11.4 Å². The fourth-order valence-corrected chi connectivity index (χ4v) is 5.29. The number of aromatic nitrogens is 1. The summed E-state index contributed by atoms with van der Waals surface area (Å²) in [5, 5.41) is 0.329. The Morgan fingerprint density at radius 3 is 2.47 bits per heavy atom. The molecule has 4 rings (SSSR count). The lowest BCUT2D eigenvalue weighted by Gasteiger charge is -2.17. The molecule has 0 atom stereocenters. The van der Waals surface area contributed by atoms with Crippen molar-refractivity contribution < 1.29 is 17.6 Å². The molecule has 1 aromatic heterocycles. The number of nitrogens with zero attached hydrogens (tertiary/aromatic N) is 1.